The van der Waals surface area contributed by atoms with Crippen molar-refractivity contribution in [2.24, 2.45) is 0 Å². The molecule has 0 aliphatic carbocycles. The van der Waals surface area contributed by atoms with E-state index in [1.54, 1.807) is 24.3 Å². The predicted octanol–water partition coefficient (Wildman–Crippen LogP) is 2.15. The molecule has 0 saturated carbocycles. The van der Waals surface area contributed by atoms with Gasteiger partial charge in [0, 0.05) is 21.3 Å². The zero-order valence-corrected chi connectivity index (χ0v) is 15.5. The van der Waals surface area contributed by atoms with Crippen LogP contribution >= 0.6 is 34.8 Å². The molecule has 0 atom stereocenters. The van der Waals surface area contributed by atoms with Gasteiger partial charge in [0.05, 0.1) is 10.5 Å². The number of rotatable bonds is 3. The second kappa shape index (κ2) is 8.48. The van der Waals surface area contributed by atoms with Gasteiger partial charge in [-0.05, 0) is 53.0 Å². The zero-order chi connectivity index (χ0) is 18.4. The molecule has 128 valence electrons. The van der Waals surface area contributed by atoms with E-state index in [0.29, 0.717) is 5.56 Å². The fourth-order valence-electron chi connectivity index (χ4n) is 1.79. The first-order valence-electron chi connectivity index (χ1n) is 6.79. The van der Waals surface area contributed by atoms with E-state index in [2.05, 4.69) is 16.2 Å². The van der Waals surface area contributed by atoms with E-state index in [-0.39, 0.29) is 16.4 Å². The maximum Gasteiger partial charge on any atom is 0.270 e. The predicted molar refractivity (Wildman–Crippen MR) is 103 cm³/mol. The van der Waals surface area contributed by atoms with Crippen LogP contribution < -0.4 is 16.2 Å². The number of halogens is 1. The highest BCUT2D eigenvalue weighted by Gasteiger charge is 2.13. The van der Waals surface area contributed by atoms with Crippen LogP contribution in [0.1, 0.15) is 20.7 Å². The summed E-state index contributed by atoms with van der Waals surface area (Å²) in [6, 6.07) is 12.1. The molecule has 0 fully saturated rings. The lowest BCUT2D eigenvalue weighted by Gasteiger charge is -2.11. The van der Waals surface area contributed by atoms with Gasteiger partial charge in [0.2, 0.25) is 0 Å². The summed E-state index contributed by atoms with van der Waals surface area (Å²) in [5.74, 6) is -1.05. The van der Waals surface area contributed by atoms with Crippen molar-refractivity contribution in [3.05, 3.63) is 73.3 Å². The van der Waals surface area contributed by atoms with Crippen LogP contribution in [0, 0.1) is 13.7 Å². The van der Waals surface area contributed by atoms with Crippen LogP contribution in [0.25, 0.3) is 0 Å². The molecule has 0 aliphatic rings. The molecule has 0 heterocycles. The van der Waals surface area contributed by atoms with Crippen molar-refractivity contribution in [2.45, 2.75) is 0 Å². The summed E-state index contributed by atoms with van der Waals surface area (Å²) in [6.45, 7) is 0. The van der Waals surface area contributed by atoms with Crippen LogP contribution in [0.2, 0.25) is 0 Å². The van der Waals surface area contributed by atoms with Gasteiger partial charge < -0.3 is 0 Å². The summed E-state index contributed by atoms with van der Waals surface area (Å²) in [6.07, 6.45) is 0. The topological polar surface area (TPSA) is 113 Å². The third-order valence-electron chi connectivity index (χ3n) is 2.95. The molecule has 0 unspecified atom stereocenters. The smallest absolute Gasteiger partial charge is 0.270 e. The maximum atomic E-state index is 12.0. The van der Waals surface area contributed by atoms with E-state index >= 15 is 0 Å². The van der Waals surface area contributed by atoms with Crippen molar-refractivity contribution >= 4 is 57.4 Å². The Morgan fingerprint density at radius 1 is 1.04 bits per heavy atom. The standard InChI is InChI=1S/C15H11IN4O4S/c16-12-7-2-1-6-11(12)14(22)18-19-15(25)17-13(21)9-4-3-5-10(8-9)20(23)24/h1-8H,(H,18,22)(H2,17,19,21,25). The zero-order valence-electron chi connectivity index (χ0n) is 12.5. The Balaban J connectivity index is 1.93. The minimum absolute atomic E-state index is 0.0716. The molecule has 0 spiro atoms. The van der Waals surface area contributed by atoms with Crippen molar-refractivity contribution in [3.63, 3.8) is 0 Å². The molecule has 2 amide bonds. The van der Waals surface area contributed by atoms with Crippen LogP contribution in [0.15, 0.2) is 48.5 Å². The fourth-order valence-corrected chi connectivity index (χ4v) is 2.57. The van der Waals surface area contributed by atoms with Gasteiger partial charge in [-0.2, -0.15) is 0 Å². The molecule has 3 N–H and O–H groups in total. The summed E-state index contributed by atoms with van der Waals surface area (Å²) in [4.78, 5) is 34.2. The molecule has 10 heteroatoms. The average Bonchev–Trinajstić information content (AvgIpc) is 2.60. The lowest BCUT2D eigenvalue weighted by molar-refractivity contribution is -0.384. The number of nitro benzene ring substituents is 1. The molecular weight excluding hydrogens is 459 g/mol. The summed E-state index contributed by atoms with van der Waals surface area (Å²) in [7, 11) is 0. The molecular formula is C15H11IN4O4S. The molecule has 0 bridgehead atoms. The number of nitrogens with one attached hydrogen (secondary N) is 3. The Morgan fingerprint density at radius 2 is 1.76 bits per heavy atom. The second-order valence-electron chi connectivity index (χ2n) is 4.65. The van der Waals surface area contributed by atoms with E-state index in [9.17, 15) is 19.7 Å². The highest BCUT2D eigenvalue weighted by Crippen LogP contribution is 2.13. The molecule has 2 rings (SSSR count). The number of nitrogens with zero attached hydrogens (tertiary/aromatic N) is 1. The normalized spacial score (nSPS) is 9.80. The Hall–Kier alpha value is -2.60. The minimum atomic E-state index is -0.634. The number of hydrogen-bond donors (Lipinski definition) is 3. The van der Waals surface area contributed by atoms with Crippen LogP contribution in [0.3, 0.4) is 0 Å². The van der Waals surface area contributed by atoms with Gasteiger partial charge in [-0.15, -0.1) is 0 Å². The van der Waals surface area contributed by atoms with Crippen LogP contribution in [-0.4, -0.2) is 21.9 Å². The Bertz CT molecular complexity index is 859. The van der Waals surface area contributed by atoms with Crippen LogP contribution in [-0.2, 0) is 0 Å². The van der Waals surface area contributed by atoms with Crippen molar-refractivity contribution < 1.29 is 14.5 Å². The number of thiocarbonyl (C=S) groups is 1. The van der Waals surface area contributed by atoms with Gasteiger partial charge in [0.1, 0.15) is 0 Å². The molecule has 2 aromatic rings. The highest BCUT2D eigenvalue weighted by atomic mass is 127. The first-order valence-corrected chi connectivity index (χ1v) is 8.28. The number of benzene rings is 2. The van der Waals surface area contributed by atoms with E-state index in [0.717, 1.165) is 9.64 Å². The van der Waals surface area contributed by atoms with Gasteiger partial charge in [-0.3, -0.25) is 35.9 Å². The van der Waals surface area contributed by atoms with Crippen LogP contribution in [0.5, 0.6) is 0 Å². The number of nitro groups is 1. The number of non-ortho nitro benzene ring substituents is 1. The third-order valence-corrected chi connectivity index (χ3v) is 4.10. The first kappa shape index (κ1) is 18.7. The molecule has 0 aromatic heterocycles. The van der Waals surface area contributed by atoms with E-state index < -0.39 is 16.7 Å². The van der Waals surface area contributed by atoms with Gasteiger partial charge >= 0.3 is 0 Å². The molecule has 0 radical (unpaired) electrons. The van der Waals surface area contributed by atoms with Crippen LogP contribution in [0.4, 0.5) is 5.69 Å². The van der Waals surface area contributed by atoms with Gasteiger partial charge in [0.25, 0.3) is 17.5 Å². The summed E-state index contributed by atoms with van der Waals surface area (Å²) < 4.78 is 0.756. The van der Waals surface area contributed by atoms with Gasteiger partial charge in [0.15, 0.2) is 5.11 Å². The second-order valence-corrected chi connectivity index (χ2v) is 6.22. The maximum absolute atomic E-state index is 12.0. The Morgan fingerprint density at radius 3 is 2.44 bits per heavy atom. The number of carbonyl (C=O) groups excluding carboxylic acids is 2. The summed E-state index contributed by atoms with van der Waals surface area (Å²) >= 11 is 6.94. The number of amides is 2. The molecule has 8 nitrogen and oxygen atoms in total. The first-order chi connectivity index (χ1) is 11.9. The number of carbonyl (C=O) groups is 2. The Kier molecular flexibility index (Phi) is 6.36. The molecule has 0 saturated heterocycles. The average molecular weight is 470 g/mol. The van der Waals surface area contributed by atoms with Gasteiger partial charge in [-0.1, -0.05) is 18.2 Å². The van der Waals surface area contributed by atoms with Crippen molar-refractivity contribution in [1.82, 2.24) is 16.2 Å². The summed E-state index contributed by atoms with van der Waals surface area (Å²) in [5, 5.41) is 12.9. The quantitative estimate of drug-likeness (QED) is 0.274. The van der Waals surface area contributed by atoms with E-state index in [1.165, 1.54) is 18.2 Å². The van der Waals surface area contributed by atoms with E-state index in [1.807, 2.05) is 22.6 Å². The lowest BCUT2D eigenvalue weighted by atomic mass is 10.2. The largest absolute Gasteiger partial charge is 0.298 e. The summed E-state index contributed by atoms with van der Waals surface area (Å²) in [5.41, 5.74) is 5.09. The SMILES string of the molecule is O=C(NC(=S)NNC(=O)c1ccccc1I)c1cccc([N+](=O)[O-])c1. The molecule has 0 aliphatic heterocycles. The molecule has 2 aromatic carbocycles. The van der Waals surface area contributed by atoms with Gasteiger partial charge in [-0.25, -0.2) is 0 Å². The fraction of sp³-hybridized carbons (Fsp3) is 0. The third kappa shape index (κ3) is 5.19. The van der Waals surface area contributed by atoms with Crippen molar-refractivity contribution in [3.8, 4) is 0 Å². The van der Waals surface area contributed by atoms with Crippen molar-refractivity contribution in [1.29, 1.82) is 0 Å². The number of hydrazine groups is 1. The highest BCUT2D eigenvalue weighted by molar-refractivity contribution is 14.1. The lowest BCUT2D eigenvalue weighted by Crippen LogP contribution is -2.48. The monoisotopic (exact) mass is 470 g/mol. The van der Waals surface area contributed by atoms with E-state index in [4.69, 9.17) is 12.2 Å². The Labute approximate surface area is 161 Å². The molecule has 25 heavy (non-hydrogen) atoms. The van der Waals surface area contributed by atoms with Crippen molar-refractivity contribution in [2.75, 3.05) is 0 Å². The number of hydrogen-bond acceptors (Lipinski definition) is 5. The minimum Gasteiger partial charge on any atom is -0.298 e.